The summed E-state index contributed by atoms with van der Waals surface area (Å²) < 4.78 is 22.6. The highest BCUT2D eigenvalue weighted by Gasteiger charge is 2.38. The normalized spacial score (nSPS) is 30.3. The van der Waals surface area contributed by atoms with Gasteiger partial charge in [-0.1, -0.05) is 0 Å². The van der Waals surface area contributed by atoms with E-state index in [1.165, 1.54) is 0 Å². The van der Waals surface area contributed by atoms with Gasteiger partial charge in [-0.25, -0.2) is 8.42 Å². The van der Waals surface area contributed by atoms with Crippen molar-refractivity contribution >= 4 is 9.84 Å². The molecule has 2 unspecified atom stereocenters. The molecule has 0 aromatic rings. The molecule has 1 N–H and O–H groups in total. The van der Waals surface area contributed by atoms with Crippen LogP contribution in [0.3, 0.4) is 0 Å². The SMILES string of the molecule is CN(C)CCN(C)C1CS(=O)(=O)CC1O. The van der Waals surface area contributed by atoms with Crippen LogP contribution >= 0.6 is 0 Å². The summed E-state index contributed by atoms with van der Waals surface area (Å²) in [4.78, 5) is 3.96. The Labute approximate surface area is 91.6 Å². The molecule has 90 valence electrons. The first-order valence-electron chi connectivity index (χ1n) is 5.05. The zero-order chi connectivity index (χ0) is 11.6. The Morgan fingerprint density at radius 1 is 1.20 bits per heavy atom. The molecule has 0 aliphatic carbocycles. The van der Waals surface area contributed by atoms with E-state index < -0.39 is 15.9 Å². The van der Waals surface area contributed by atoms with Gasteiger partial charge in [-0.05, 0) is 21.1 Å². The molecule has 5 nitrogen and oxygen atoms in total. The molecule has 1 fully saturated rings. The fourth-order valence-electron chi connectivity index (χ4n) is 1.76. The molecule has 6 heteroatoms. The lowest BCUT2D eigenvalue weighted by atomic mass is 10.2. The molecule has 0 radical (unpaired) electrons. The lowest BCUT2D eigenvalue weighted by Gasteiger charge is -2.26. The van der Waals surface area contributed by atoms with Crippen molar-refractivity contribution < 1.29 is 13.5 Å². The number of aliphatic hydroxyl groups is 1. The molecular formula is C9H20N2O3S. The number of nitrogens with zero attached hydrogens (tertiary/aromatic N) is 2. The van der Waals surface area contributed by atoms with Crippen molar-refractivity contribution in [3.05, 3.63) is 0 Å². The minimum Gasteiger partial charge on any atom is -0.390 e. The molecule has 0 bridgehead atoms. The van der Waals surface area contributed by atoms with E-state index >= 15 is 0 Å². The van der Waals surface area contributed by atoms with Gasteiger partial charge >= 0.3 is 0 Å². The van der Waals surface area contributed by atoms with Crippen molar-refractivity contribution in [1.82, 2.24) is 9.80 Å². The molecule has 1 aliphatic heterocycles. The Balaban J connectivity index is 2.50. The standard InChI is InChI=1S/C9H20N2O3S/c1-10(2)4-5-11(3)8-6-15(13,14)7-9(8)12/h8-9,12H,4-7H2,1-3H3. The minimum atomic E-state index is -3.03. The molecule has 0 aromatic heterocycles. The van der Waals surface area contributed by atoms with Crippen LogP contribution in [0.15, 0.2) is 0 Å². The van der Waals surface area contributed by atoms with Gasteiger partial charge in [-0.3, -0.25) is 4.90 Å². The topological polar surface area (TPSA) is 60.9 Å². The molecule has 1 aliphatic rings. The Bertz CT molecular complexity index is 302. The van der Waals surface area contributed by atoms with Gasteiger partial charge in [-0.15, -0.1) is 0 Å². The second-order valence-electron chi connectivity index (χ2n) is 4.50. The first-order valence-corrected chi connectivity index (χ1v) is 6.87. The Morgan fingerprint density at radius 2 is 1.80 bits per heavy atom. The van der Waals surface area contributed by atoms with Crippen LogP contribution in [0.4, 0.5) is 0 Å². The molecule has 0 saturated carbocycles. The first-order chi connectivity index (χ1) is 6.82. The third kappa shape index (κ3) is 3.71. The molecule has 0 aromatic carbocycles. The summed E-state index contributed by atoms with van der Waals surface area (Å²) in [5.74, 6) is -0.0118. The average molecular weight is 236 g/mol. The van der Waals surface area contributed by atoms with E-state index in [1.54, 1.807) is 0 Å². The second-order valence-corrected chi connectivity index (χ2v) is 6.65. The lowest BCUT2D eigenvalue weighted by molar-refractivity contribution is 0.0955. The quantitative estimate of drug-likeness (QED) is 0.653. The number of hydrogen-bond donors (Lipinski definition) is 1. The van der Waals surface area contributed by atoms with E-state index in [0.717, 1.165) is 13.1 Å². The smallest absolute Gasteiger partial charge is 0.154 e. The Hall–Kier alpha value is -0.170. The predicted octanol–water partition coefficient (Wildman–Crippen LogP) is -1.36. The molecule has 1 rings (SSSR count). The molecule has 1 saturated heterocycles. The van der Waals surface area contributed by atoms with E-state index in [1.807, 2.05) is 30.9 Å². The van der Waals surface area contributed by atoms with Gasteiger partial charge in [0.15, 0.2) is 9.84 Å². The number of sulfone groups is 1. The van der Waals surface area contributed by atoms with Gasteiger partial charge in [0.1, 0.15) is 0 Å². The van der Waals surface area contributed by atoms with E-state index in [4.69, 9.17) is 0 Å². The zero-order valence-corrected chi connectivity index (χ0v) is 10.4. The summed E-state index contributed by atoms with van der Waals surface area (Å²) in [6.45, 7) is 1.63. The van der Waals surface area contributed by atoms with Crippen molar-refractivity contribution in [1.29, 1.82) is 0 Å². The van der Waals surface area contributed by atoms with Crippen LogP contribution in [0.5, 0.6) is 0 Å². The summed E-state index contributed by atoms with van der Waals surface area (Å²) in [5.41, 5.74) is 0. The highest BCUT2D eigenvalue weighted by Crippen LogP contribution is 2.16. The van der Waals surface area contributed by atoms with Crippen LogP contribution in [-0.4, -0.2) is 81.2 Å². The fourth-order valence-corrected chi connectivity index (χ4v) is 3.63. The van der Waals surface area contributed by atoms with Crippen LogP contribution in [-0.2, 0) is 9.84 Å². The van der Waals surface area contributed by atoms with Crippen LogP contribution in [0, 0.1) is 0 Å². The number of hydrogen-bond acceptors (Lipinski definition) is 5. The van der Waals surface area contributed by atoms with Gasteiger partial charge in [-0.2, -0.15) is 0 Å². The summed E-state index contributed by atoms with van der Waals surface area (Å²) in [7, 11) is 2.76. The van der Waals surface area contributed by atoms with Crippen molar-refractivity contribution in [3.8, 4) is 0 Å². The highest BCUT2D eigenvalue weighted by atomic mass is 32.2. The summed E-state index contributed by atoms with van der Waals surface area (Å²) in [6, 6.07) is -0.241. The predicted molar refractivity (Wildman–Crippen MR) is 59.6 cm³/mol. The lowest BCUT2D eigenvalue weighted by Crippen LogP contribution is -2.43. The summed E-state index contributed by atoms with van der Waals surface area (Å²) >= 11 is 0. The third-order valence-electron chi connectivity index (χ3n) is 2.76. The van der Waals surface area contributed by atoms with Crippen LogP contribution in [0.25, 0.3) is 0 Å². The average Bonchev–Trinajstić information content (AvgIpc) is 2.35. The van der Waals surface area contributed by atoms with Crippen molar-refractivity contribution in [2.75, 3.05) is 45.7 Å². The maximum atomic E-state index is 11.3. The van der Waals surface area contributed by atoms with Crippen LogP contribution in [0.1, 0.15) is 0 Å². The van der Waals surface area contributed by atoms with Gasteiger partial charge in [0.25, 0.3) is 0 Å². The molecule has 0 amide bonds. The van der Waals surface area contributed by atoms with E-state index in [0.29, 0.717) is 0 Å². The second kappa shape index (κ2) is 4.78. The Morgan fingerprint density at radius 3 is 2.20 bits per heavy atom. The zero-order valence-electron chi connectivity index (χ0n) is 9.55. The molecule has 15 heavy (non-hydrogen) atoms. The van der Waals surface area contributed by atoms with Gasteiger partial charge in [0, 0.05) is 13.1 Å². The van der Waals surface area contributed by atoms with Gasteiger partial charge in [0.05, 0.1) is 23.7 Å². The van der Waals surface area contributed by atoms with E-state index in [-0.39, 0.29) is 17.5 Å². The van der Waals surface area contributed by atoms with Gasteiger partial charge in [0.2, 0.25) is 0 Å². The summed E-state index contributed by atoms with van der Waals surface area (Å²) in [6.07, 6.45) is -0.734. The molecular weight excluding hydrogens is 216 g/mol. The first kappa shape index (κ1) is 12.9. The van der Waals surface area contributed by atoms with Crippen molar-refractivity contribution in [3.63, 3.8) is 0 Å². The third-order valence-corrected chi connectivity index (χ3v) is 4.46. The minimum absolute atomic E-state index is 0.0814. The molecule has 0 spiro atoms. The largest absolute Gasteiger partial charge is 0.390 e. The highest BCUT2D eigenvalue weighted by molar-refractivity contribution is 7.91. The maximum absolute atomic E-state index is 11.3. The number of rotatable bonds is 4. The molecule has 1 heterocycles. The number of aliphatic hydroxyl groups excluding tert-OH is 1. The fraction of sp³-hybridized carbons (Fsp3) is 1.00. The summed E-state index contributed by atoms with van der Waals surface area (Å²) in [5, 5.41) is 9.63. The van der Waals surface area contributed by atoms with E-state index in [9.17, 15) is 13.5 Å². The van der Waals surface area contributed by atoms with E-state index in [2.05, 4.69) is 0 Å². The van der Waals surface area contributed by atoms with Gasteiger partial charge < -0.3 is 10.0 Å². The van der Waals surface area contributed by atoms with Crippen LogP contribution in [0.2, 0.25) is 0 Å². The Kier molecular flexibility index (Phi) is 4.11. The van der Waals surface area contributed by atoms with Crippen LogP contribution < -0.4 is 0 Å². The number of likely N-dealkylation sites (N-methyl/N-ethyl adjacent to an activating group) is 2. The van der Waals surface area contributed by atoms with Crippen molar-refractivity contribution in [2.45, 2.75) is 12.1 Å². The monoisotopic (exact) mass is 236 g/mol. The maximum Gasteiger partial charge on any atom is 0.154 e. The van der Waals surface area contributed by atoms with Crippen molar-refractivity contribution in [2.24, 2.45) is 0 Å². The molecule has 2 atom stereocenters.